The highest BCUT2D eigenvalue weighted by atomic mass is 16.3. The zero-order valence-corrected chi connectivity index (χ0v) is 15.5. The fourth-order valence-corrected chi connectivity index (χ4v) is 3.14. The first-order chi connectivity index (χ1) is 13.1. The van der Waals surface area contributed by atoms with Gasteiger partial charge in [0.25, 0.3) is 6.47 Å². The number of hydrogen-bond donors (Lipinski definition) is 1. The van der Waals surface area contributed by atoms with Crippen LogP contribution in [-0.4, -0.2) is 35.2 Å². The number of aryl methyl sites for hydroxylation is 4. The Labute approximate surface area is 157 Å². The average Bonchev–Trinajstić information content (AvgIpc) is 3.36. The van der Waals surface area contributed by atoms with Crippen molar-refractivity contribution in [1.82, 2.24) is 23.7 Å². The van der Waals surface area contributed by atoms with E-state index in [9.17, 15) is 0 Å². The number of hydrogen-bond acceptors (Lipinski definition) is 3. The molecule has 0 saturated carbocycles. The smallest absolute Gasteiger partial charge is 0.290 e. The van der Waals surface area contributed by atoms with Crippen molar-refractivity contribution in [2.75, 3.05) is 0 Å². The molecule has 140 valence electrons. The molecule has 4 aromatic rings. The first-order valence-corrected chi connectivity index (χ1v) is 8.77. The summed E-state index contributed by atoms with van der Waals surface area (Å²) in [5.41, 5.74) is 2.23. The van der Waals surface area contributed by atoms with E-state index >= 15 is 0 Å². The van der Waals surface area contributed by atoms with Crippen LogP contribution in [0.1, 0.15) is 12.2 Å². The van der Waals surface area contributed by atoms with Crippen molar-refractivity contribution < 1.29 is 9.90 Å². The molecule has 27 heavy (non-hydrogen) atoms. The lowest BCUT2D eigenvalue weighted by Gasteiger charge is -2.08. The number of imidazole rings is 2. The second kappa shape index (κ2) is 8.35. The number of carboxylic acid groups (broad SMARTS) is 1. The van der Waals surface area contributed by atoms with E-state index in [1.165, 1.54) is 10.9 Å². The summed E-state index contributed by atoms with van der Waals surface area (Å²) >= 11 is 0. The summed E-state index contributed by atoms with van der Waals surface area (Å²) in [5, 5.41) is 8.18. The van der Waals surface area contributed by atoms with Crippen LogP contribution >= 0.6 is 0 Å². The van der Waals surface area contributed by atoms with E-state index in [1.54, 1.807) is 0 Å². The minimum Gasteiger partial charge on any atom is -0.483 e. The number of benzene rings is 1. The van der Waals surface area contributed by atoms with Gasteiger partial charge in [0.05, 0.1) is 0 Å². The van der Waals surface area contributed by atoms with Gasteiger partial charge >= 0.3 is 0 Å². The lowest BCUT2D eigenvalue weighted by Crippen LogP contribution is -2.04. The van der Waals surface area contributed by atoms with Crippen molar-refractivity contribution >= 4 is 17.4 Å². The largest absolute Gasteiger partial charge is 0.483 e. The molecule has 0 bridgehead atoms. The number of nitrogens with zero attached hydrogens (tertiary/aromatic N) is 5. The maximum Gasteiger partial charge on any atom is 0.290 e. The molecule has 0 fully saturated rings. The summed E-state index contributed by atoms with van der Waals surface area (Å²) < 4.78 is 6.53. The van der Waals surface area contributed by atoms with Gasteiger partial charge in [-0.25, -0.2) is 9.97 Å². The standard InChI is InChI=1S/C19H21N5.CH2O2/c1-15-21-17(14-22(15)2)19-20-9-13-24(19)11-5-10-23-12-8-16-6-3-4-7-18(16)23;2-1-3/h3-4,6-9,12-14H,5,10-11H2,1-2H3;1H,(H,2,3). The van der Waals surface area contributed by atoms with Gasteiger partial charge in [0.2, 0.25) is 0 Å². The van der Waals surface area contributed by atoms with Gasteiger partial charge in [-0.2, -0.15) is 0 Å². The number of aromatic nitrogens is 5. The van der Waals surface area contributed by atoms with E-state index in [0.29, 0.717) is 0 Å². The zero-order chi connectivity index (χ0) is 19.2. The zero-order valence-electron chi connectivity index (χ0n) is 15.5. The molecule has 0 spiro atoms. The summed E-state index contributed by atoms with van der Waals surface area (Å²) in [5.74, 6) is 1.94. The quantitative estimate of drug-likeness (QED) is 0.550. The first kappa shape index (κ1) is 18.4. The van der Waals surface area contributed by atoms with Crippen LogP contribution in [0, 0.1) is 6.92 Å². The van der Waals surface area contributed by atoms with Gasteiger partial charge in [0.1, 0.15) is 11.5 Å². The van der Waals surface area contributed by atoms with Crippen molar-refractivity contribution in [3.8, 4) is 11.5 Å². The average molecular weight is 365 g/mol. The normalized spacial score (nSPS) is 10.6. The Morgan fingerprint density at radius 2 is 1.85 bits per heavy atom. The van der Waals surface area contributed by atoms with E-state index in [-0.39, 0.29) is 6.47 Å². The van der Waals surface area contributed by atoms with Gasteiger partial charge in [-0.05, 0) is 30.9 Å². The third-order valence-corrected chi connectivity index (χ3v) is 4.53. The van der Waals surface area contributed by atoms with Crippen LogP contribution in [0.15, 0.2) is 55.1 Å². The maximum absolute atomic E-state index is 8.36. The molecule has 3 aromatic heterocycles. The Balaban J connectivity index is 0.000000659. The molecule has 7 heteroatoms. The van der Waals surface area contributed by atoms with Crippen molar-refractivity contribution in [2.24, 2.45) is 7.05 Å². The summed E-state index contributed by atoms with van der Waals surface area (Å²) in [7, 11) is 2.01. The molecular weight excluding hydrogens is 342 g/mol. The lowest BCUT2D eigenvalue weighted by atomic mass is 10.2. The highest BCUT2D eigenvalue weighted by Crippen LogP contribution is 2.18. The molecule has 1 N–H and O–H groups in total. The van der Waals surface area contributed by atoms with Crippen molar-refractivity contribution in [3.63, 3.8) is 0 Å². The molecule has 0 saturated heterocycles. The molecule has 7 nitrogen and oxygen atoms in total. The van der Waals surface area contributed by atoms with E-state index < -0.39 is 0 Å². The molecule has 0 aliphatic carbocycles. The van der Waals surface area contributed by atoms with Crippen LogP contribution in [0.4, 0.5) is 0 Å². The number of rotatable bonds is 5. The maximum atomic E-state index is 8.36. The molecule has 0 amide bonds. The summed E-state index contributed by atoms with van der Waals surface area (Å²) in [6.07, 6.45) is 9.14. The molecule has 1 aromatic carbocycles. The van der Waals surface area contributed by atoms with Crippen LogP contribution in [0.25, 0.3) is 22.4 Å². The molecule has 4 rings (SSSR count). The summed E-state index contributed by atoms with van der Waals surface area (Å²) in [6, 6.07) is 10.7. The molecule has 0 unspecified atom stereocenters. The van der Waals surface area contributed by atoms with Crippen molar-refractivity contribution in [3.05, 3.63) is 60.9 Å². The molecule has 3 heterocycles. The predicted octanol–water partition coefficient (Wildman–Crippen LogP) is 3.34. The fourth-order valence-electron chi connectivity index (χ4n) is 3.14. The topological polar surface area (TPSA) is 77.9 Å². The monoisotopic (exact) mass is 365 g/mol. The van der Waals surface area contributed by atoms with E-state index in [2.05, 4.69) is 55.6 Å². The van der Waals surface area contributed by atoms with Gasteiger partial charge in [0.15, 0.2) is 5.82 Å². The Morgan fingerprint density at radius 3 is 2.59 bits per heavy atom. The van der Waals surface area contributed by atoms with E-state index in [0.717, 1.165) is 36.9 Å². The Bertz CT molecular complexity index is 1010. The van der Waals surface area contributed by atoms with Crippen LogP contribution in [-0.2, 0) is 24.9 Å². The molecule has 0 aliphatic rings. The lowest BCUT2D eigenvalue weighted by molar-refractivity contribution is -0.122. The first-order valence-electron chi connectivity index (χ1n) is 8.77. The third-order valence-electron chi connectivity index (χ3n) is 4.53. The minimum atomic E-state index is -0.250. The molecule has 0 atom stereocenters. The van der Waals surface area contributed by atoms with Crippen LogP contribution in [0.5, 0.6) is 0 Å². The van der Waals surface area contributed by atoms with Gasteiger partial charge in [-0.15, -0.1) is 0 Å². The highest BCUT2D eigenvalue weighted by Gasteiger charge is 2.10. The van der Waals surface area contributed by atoms with Crippen LogP contribution in [0.3, 0.4) is 0 Å². The van der Waals surface area contributed by atoms with Gasteiger partial charge < -0.3 is 18.8 Å². The predicted molar refractivity (Wildman–Crippen MR) is 104 cm³/mol. The number of fused-ring (bicyclic) bond motifs is 1. The second-order valence-electron chi connectivity index (χ2n) is 6.26. The molecule has 0 aliphatic heterocycles. The van der Waals surface area contributed by atoms with Gasteiger partial charge in [0, 0.05) is 50.4 Å². The third kappa shape index (κ3) is 4.08. The van der Waals surface area contributed by atoms with Gasteiger partial charge in [-0.1, -0.05) is 18.2 Å². The van der Waals surface area contributed by atoms with Crippen LogP contribution in [0.2, 0.25) is 0 Å². The fraction of sp³-hybridized carbons (Fsp3) is 0.250. The summed E-state index contributed by atoms with van der Waals surface area (Å²) in [4.78, 5) is 17.4. The van der Waals surface area contributed by atoms with E-state index in [4.69, 9.17) is 9.90 Å². The second-order valence-corrected chi connectivity index (χ2v) is 6.26. The Kier molecular flexibility index (Phi) is 5.71. The van der Waals surface area contributed by atoms with Gasteiger partial charge in [-0.3, -0.25) is 4.79 Å². The highest BCUT2D eigenvalue weighted by molar-refractivity contribution is 5.79. The minimum absolute atomic E-state index is 0.250. The van der Waals surface area contributed by atoms with Crippen molar-refractivity contribution in [1.29, 1.82) is 0 Å². The molecule has 0 radical (unpaired) electrons. The molecular formula is C20H23N5O2. The number of para-hydroxylation sites is 1. The van der Waals surface area contributed by atoms with Crippen LogP contribution < -0.4 is 0 Å². The SMILES string of the molecule is Cc1nc(-c2nccn2CCCn2ccc3ccccc32)cn1C.O=CO. The number of carbonyl (C=O) groups is 1. The Morgan fingerprint density at radius 1 is 1.11 bits per heavy atom. The van der Waals surface area contributed by atoms with E-state index in [1.807, 2.05) is 37.1 Å². The van der Waals surface area contributed by atoms with Crippen molar-refractivity contribution in [2.45, 2.75) is 26.4 Å². The summed E-state index contributed by atoms with van der Waals surface area (Å²) in [6.45, 7) is 3.68. The Hall–Kier alpha value is -3.35.